The average molecular weight is 381 g/mol. The van der Waals surface area contributed by atoms with Gasteiger partial charge in [-0.25, -0.2) is 0 Å². The number of likely N-dealkylation sites (tertiary alicyclic amines) is 1. The third-order valence-electron chi connectivity index (χ3n) is 4.17. The lowest BCUT2D eigenvalue weighted by atomic mass is 9.99. The largest absolute Gasteiger partial charge is 0.376 e. The number of hydrogen-bond donors (Lipinski definition) is 1. The van der Waals surface area contributed by atoms with E-state index in [2.05, 4.69) is 29.1 Å². The molecule has 0 aromatic rings. The summed E-state index contributed by atoms with van der Waals surface area (Å²) in [6.07, 6.45) is 5.26. The number of halogens is 1. The molecule has 0 aromatic carbocycles. The minimum absolute atomic E-state index is 0. The van der Waals surface area contributed by atoms with E-state index in [-0.39, 0.29) is 24.0 Å². The third-order valence-corrected chi connectivity index (χ3v) is 4.17. The van der Waals surface area contributed by atoms with Crippen molar-refractivity contribution in [3.63, 3.8) is 0 Å². The highest BCUT2D eigenvalue weighted by molar-refractivity contribution is 14.0. The summed E-state index contributed by atoms with van der Waals surface area (Å²) in [6.45, 7) is 7.70. The standard InChI is InChI=1S/C14H27N3O.HI/c1-11-6-8-17(9-7-11)14(15-3)16-12(2)13-5-4-10-18-13;/h11-13H,4-10H2,1-3H3,(H,15,16);1H. The molecule has 2 atom stereocenters. The van der Waals surface area contributed by atoms with Crippen molar-refractivity contribution in [3.05, 3.63) is 0 Å². The Balaban J connectivity index is 0.00000180. The smallest absolute Gasteiger partial charge is 0.193 e. The van der Waals surface area contributed by atoms with Crippen molar-refractivity contribution < 1.29 is 4.74 Å². The van der Waals surface area contributed by atoms with Crippen molar-refractivity contribution in [3.8, 4) is 0 Å². The normalized spacial score (nSPS) is 27.0. The fraction of sp³-hybridized carbons (Fsp3) is 0.929. The number of nitrogens with one attached hydrogen (secondary N) is 1. The van der Waals surface area contributed by atoms with Crippen LogP contribution in [0.15, 0.2) is 4.99 Å². The van der Waals surface area contributed by atoms with E-state index in [4.69, 9.17) is 4.74 Å². The summed E-state index contributed by atoms with van der Waals surface area (Å²) >= 11 is 0. The predicted octanol–water partition coefficient (Wildman–Crippen LogP) is 2.48. The zero-order valence-electron chi connectivity index (χ0n) is 12.4. The third kappa shape index (κ3) is 4.77. The highest BCUT2D eigenvalue weighted by Crippen LogP contribution is 2.18. The molecule has 0 amide bonds. The lowest BCUT2D eigenvalue weighted by molar-refractivity contribution is 0.0878. The average Bonchev–Trinajstić information content (AvgIpc) is 2.91. The first kappa shape index (κ1) is 17.0. The van der Waals surface area contributed by atoms with Gasteiger partial charge in [-0.2, -0.15) is 0 Å². The van der Waals surface area contributed by atoms with E-state index in [1.165, 1.54) is 25.7 Å². The Hall–Kier alpha value is -0.0400. The van der Waals surface area contributed by atoms with Crippen molar-refractivity contribution in [1.29, 1.82) is 0 Å². The fourth-order valence-corrected chi connectivity index (χ4v) is 2.81. The SMILES string of the molecule is CN=C(NC(C)C1CCCO1)N1CCC(C)CC1.I. The number of piperidine rings is 1. The van der Waals surface area contributed by atoms with Gasteiger partial charge in [0.1, 0.15) is 0 Å². The van der Waals surface area contributed by atoms with E-state index in [1.54, 1.807) is 0 Å². The fourth-order valence-electron chi connectivity index (χ4n) is 2.81. The number of nitrogens with zero attached hydrogens (tertiary/aromatic N) is 2. The summed E-state index contributed by atoms with van der Waals surface area (Å²) < 4.78 is 5.73. The summed E-state index contributed by atoms with van der Waals surface area (Å²) in [5.41, 5.74) is 0. The molecule has 2 saturated heterocycles. The molecule has 2 fully saturated rings. The zero-order valence-corrected chi connectivity index (χ0v) is 14.7. The van der Waals surface area contributed by atoms with E-state index in [9.17, 15) is 0 Å². The van der Waals surface area contributed by atoms with Gasteiger partial charge in [-0.3, -0.25) is 4.99 Å². The van der Waals surface area contributed by atoms with Crippen molar-refractivity contribution in [1.82, 2.24) is 10.2 Å². The second kappa shape index (κ2) is 8.29. The first-order valence-electron chi connectivity index (χ1n) is 7.30. The second-order valence-electron chi connectivity index (χ2n) is 5.70. The number of ether oxygens (including phenoxy) is 1. The Morgan fingerprint density at radius 1 is 1.32 bits per heavy atom. The molecule has 112 valence electrons. The van der Waals surface area contributed by atoms with Crippen LogP contribution in [0.2, 0.25) is 0 Å². The van der Waals surface area contributed by atoms with Gasteiger partial charge < -0.3 is 15.0 Å². The van der Waals surface area contributed by atoms with Gasteiger partial charge in [0.05, 0.1) is 12.1 Å². The Bertz CT molecular complexity index is 284. The topological polar surface area (TPSA) is 36.9 Å². The molecule has 0 saturated carbocycles. The summed E-state index contributed by atoms with van der Waals surface area (Å²) in [6, 6.07) is 0.352. The number of guanidine groups is 1. The van der Waals surface area contributed by atoms with Crippen molar-refractivity contribution >= 4 is 29.9 Å². The molecule has 2 unspecified atom stereocenters. The maximum atomic E-state index is 5.73. The van der Waals surface area contributed by atoms with Gasteiger partial charge >= 0.3 is 0 Å². The summed E-state index contributed by atoms with van der Waals surface area (Å²) in [7, 11) is 1.88. The first-order chi connectivity index (χ1) is 8.70. The Labute approximate surface area is 134 Å². The van der Waals surface area contributed by atoms with E-state index in [0.29, 0.717) is 12.1 Å². The molecule has 19 heavy (non-hydrogen) atoms. The van der Waals surface area contributed by atoms with Gasteiger partial charge in [-0.15, -0.1) is 24.0 Å². The molecule has 2 aliphatic heterocycles. The minimum Gasteiger partial charge on any atom is -0.376 e. The number of aliphatic imine (C=N–C) groups is 1. The molecule has 4 nitrogen and oxygen atoms in total. The lowest BCUT2D eigenvalue weighted by Gasteiger charge is -2.34. The molecule has 2 rings (SSSR count). The Kier molecular flexibility index (Phi) is 7.42. The highest BCUT2D eigenvalue weighted by atomic mass is 127. The van der Waals surface area contributed by atoms with Crippen LogP contribution in [-0.2, 0) is 4.74 Å². The van der Waals surface area contributed by atoms with E-state index in [0.717, 1.165) is 31.6 Å². The van der Waals surface area contributed by atoms with Crippen LogP contribution < -0.4 is 5.32 Å². The molecule has 0 aliphatic carbocycles. The van der Waals surface area contributed by atoms with Crippen LogP contribution in [0.5, 0.6) is 0 Å². The first-order valence-corrected chi connectivity index (χ1v) is 7.30. The molecule has 0 bridgehead atoms. The molecular formula is C14H28IN3O. The summed E-state index contributed by atoms with van der Waals surface area (Å²) in [5.74, 6) is 1.90. The minimum atomic E-state index is 0. The van der Waals surface area contributed by atoms with Gasteiger partial charge in [-0.1, -0.05) is 6.92 Å². The van der Waals surface area contributed by atoms with Gasteiger partial charge in [0.25, 0.3) is 0 Å². The molecule has 0 aromatic heterocycles. The van der Waals surface area contributed by atoms with Gasteiger partial charge in [-0.05, 0) is 38.5 Å². The number of rotatable bonds is 2. The molecule has 2 heterocycles. The summed E-state index contributed by atoms with van der Waals surface area (Å²) in [4.78, 5) is 6.80. The van der Waals surface area contributed by atoms with E-state index >= 15 is 0 Å². The summed E-state index contributed by atoms with van der Waals surface area (Å²) in [5, 5.41) is 3.54. The van der Waals surface area contributed by atoms with Gasteiger partial charge in [0.15, 0.2) is 5.96 Å². The van der Waals surface area contributed by atoms with Gasteiger partial charge in [0.2, 0.25) is 0 Å². The van der Waals surface area contributed by atoms with Crippen LogP contribution in [0.3, 0.4) is 0 Å². The Morgan fingerprint density at radius 3 is 2.53 bits per heavy atom. The van der Waals surface area contributed by atoms with Crippen LogP contribution in [-0.4, -0.2) is 49.7 Å². The van der Waals surface area contributed by atoms with Crippen LogP contribution in [0.4, 0.5) is 0 Å². The molecular weight excluding hydrogens is 353 g/mol. The molecule has 1 N–H and O–H groups in total. The number of hydrogen-bond acceptors (Lipinski definition) is 2. The zero-order chi connectivity index (χ0) is 13.0. The van der Waals surface area contributed by atoms with Crippen molar-refractivity contribution in [2.45, 2.75) is 51.7 Å². The Morgan fingerprint density at radius 2 is 2.00 bits per heavy atom. The quantitative estimate of drug-likeness (QED) is 0.454. The predicted molar refractivity (Wildman–Crippen MR) is 90.3 cm³/mol. The molecule has 0 radical (unpaired) electrons. The van der Waals surface area contributed by atoms with Gasteiger partial charge in [0, 0.05) is 26.7 Å². The van der Waals surface area contributed by atoms with E-state index < -0.39 is 0 Å². The maximum Gasteiger partial charge on any atom is 0.193 e. The molecule has 5 heteroatoms. The van der Waals surface area contributed by atoms with E-state index in [1.807, 2.05) is 7.05 Å². The van der Waals surface area contributed by atoms with Crippen LogP contribution in [0.1, 0.15) is 39.5 Å². The lowest BCUT2D eigenvalue weighted by Crippen LogP contribution is -2.50. The maximum absolute atomic E-state index is 5.73. The second-order valence-corrected chi connectivity index (χ2v) is 5.70. The van der Waals surface area contributed by atoms with Crippen LogP contribution >= 0.6 is 24.0 Å². The monoisotopic (exact) mass is 381 g/mol. The highest BCUT2D eigenvalue weighted by Gasteiger charge is 2.25. The van der Waals surface area contributed by atoms with Crippen molar-refractivity contribution in [2.24, 2.45) is 10.9 Å². The van der Waals surface area contributed by atoms with Crippen LogP contribution in [0.25, 0.3) is 0 Å². The van der Waals surface area contributed by atoms with Crippen molar-refractivity contribution in [2.75, 3.05) is 26.7 Å². The molecule has 2 aliphatic rings. The molecule has 0 spiro atoms. The van der Waals surface area contributed by atoms with Crippen LogP contribution in [0, 0.1) is 5.92 Å².